The Morgan fingerprint density at radius 1 is 1.39 bits per heavy atom. The standard InChI is InChI=1S/C11H12N2O5/c1-6-7(3-2-4-12-6)10(16)13-8(11(17)18)5-9(14)15/h2-4,8H,5H2,1H3,(H,13,16)(H,14,15)(H,17,18)/t8-/m0/s1. The molecule has 0 bridgehead atoms. The van der Waals surface area contributed by atoms with Gasteiger partial charge in [0.2, 0.25) is 0 Å². The molecule has 0 aliphatic rings. The maximum atomic E-state index is 11.8. The third-order valence-electron chi connectivity index (χ3n) is 2.23. The minimum Gasteiger partial charge on any atom is -0.481 e. The number of carbonyl (C=O) groups excluding carboxylic acids is 1. The highest BCUT2D eigenvalue weighted by molar-refractivity contribution is 5.98. The number of carbonyl (C=O) groups is 3. The number of nitrogens with zero attached hydrogens (tertiary/aromatic N) is 1. The third kappa shape index (κ3) is 3.55. The highest BCUT2D eigenvalue weighted by atomic mass is 16.4. The third-order valence-corrected chi connectivity index (χ3v) is 2.23. The number of rotatable bonds is 5. The van der Waals surface area contributed by atoms with Gasteiger partial charge in [0, 0.05) is 11.9 Å². The van der Waals surface area contributed by atoms with Crippen LogP contribution in [-0.4, -0.2) is 39.1 Å². The molecule has 0 spiro atoms. The first kappa shape index (κ1) is 13.6. The number of aryl methyl sites for hydroxylation is 1. The van der Waals surface area contributed by atoms with E-state index in [2.05, 4.69) is 10.3 Å². The molecule has 0 aliphatic carbocycles. The van der Waals surface area contributed by atoms with Crippen molar-refractivity contribution in [2.45, 2.75) is 19.4 Å². The Balaban J connectivity index is 2.82. The Morgan fingerprint density at radius 2 is 2.06 bits per heavy atom. The van der Waals surface area contributed by atoms with E-state index in [9.17, 15) is 14.4 Å². The molecule has 1 aromatic rings. The zero-order valence-electron chi connectivity index (χ0n) is 9.58. The van der Waals surface area contributed by atoms with Crippen LogP contribution in [0.1, 0.15) is 22.5 Å². The van der Waals surface area contributed by atoms with E-state index < -0.39 is 30.3 Å². The summed E-state index contributed by atoms with van der Waals surface area (Å²) >= 11 is 0. The van der Waals surface area contributed by atoms with Gasteiger partial charge in [0.25, 0.3) is 5.91 Å². The van der Waals surface area contributed by atoms with E-state index in [0.717, 1.165) is 0 Å². The van der Waals surface area contributed by atoms with Gasteiger partial charge in [-0.2, -0.15) is 0 Å². The summed E-state index contributed by atoms with van der Waals surface area (Å²) in [6.45, 7) is 1.60. The molecule has 1 heterocycles. The molecule has 18 heavy (non-hydrogen) atoms. The van der Waals surface area contributed by atoms with Crippen molar-refractivity contribution < 1.29 is 24.6 Å². The van der Waals surface area contributed by atoms with Crippen molar-refractivity contribution in [3.8, 4) is 0 Å². The molecule has 0 unspecified atom stereocenters. The van der Waals surface area contributed by atoms with Crippen molar-refractivity contribution in [1.29, 1.82) is 0 Å². The van der Waals surface area contributed by atoms with E-state index in [1.54, 1.807) is 6.92 Å². The molecule has 0 saturated carbocycles. The molecule has 0 aromatic carbocycles. The molecule has 7 nitrogen and oxygen atoms in total. The lowest BCUT2D eigenvalue weighted by atomic mass is 10.1. The molecule has 1 aromatic heterocycles. The van der Waals surface area contributed by atoms with E-state index >= 15 is 0 Å². The zero-order valence-corrected chi connectivity index (χ0v) is 9.58. The maximum absolute atomic E-state index is 11.8. The number of hydrogen-bond acceptors (Lipinski definition) is 4. The normalized spacial score (nSPS) is 11.6. The smallest absolute Gasteiger partial charge is 0.326 e. The lowest BCUT2D eigenvalue weighted by Gasteiger charge is -2.13. The van der Waals surface area contributed by atoms with Crippen LogP contribution in [-0.2, 0) is 9.59 Å². The van der Waals surface area contributed by atoms with Crippen molar-refractivity contribution in [2.24, 2.45) is 0 Å². The average molecular weight is 252 g/mol. The Labute approximate surface area is 102 Å². The van der Waals surface area contributed by atoms with Crippen LogP contribution in [0.5, 0.6) is 0 Å². The fourth-order valence-corrected chi connectivity index (χ4v) is 1.33. The second-order valence-corrected chi connectivity index (χ2v) is 3.60. The first-order valence-corrected chi connectivity index (χ1v) is 5.09. The van der Waals surface area contributed by atoms with Crippen LogP contribution in [0.4, 0.5) is 0 Å². The average Bonchev–Trinajstić information content (AvgIpc) is 2.27. The van der Waals surface area contributed by atoms with Gasteiger partial charge < -0.3 is 15.5 Å². The summed E-state index contributed by atoms with van der Waals surface area (Å²) in [7, 11) is 0. The lowest BCUT2D eigenvalue weighted by molar-refractivity contribution is -0.145. The highest BCUT2D eigenvalue weighted by Crippen LogP contribution is 2.04. The topological polar surface area (TPSA) is 117 Å². The van der Waals surface area contributed by atoms with Crippen LogP contribution in [0, 0.1) is 6.92 Å². The molecule has 1 atom stereocenters. The predicted molar refractivity (Wildman–Crippen MR) is 60.1 cm³/mol. The first-order valence-electron chi connectivity index (χ1n) is 5.09. The van der Waals surface area contributed by atoms with Crippen LogP contribution in [0.25, 0.3) is 0 Å². The number of aliphatic carboxylic acids is 2. The second-order valence-electron chi connectivity index (χ2n) is 3.60. The summed E-state index contributed by atoms with van der Waals surface area (Å²) in [6.07, 6.45) is 0.818. The van der Waals surface area contributed by atoms with E-state index in [1.165, 1.54) is 18.3 Å². The van der Waals surface area contributed by atoms with Crippen molar-refractivity contribution in [3.63, 3.8) is 0 Å². The molecule has 96 valence electrons. The van der Waals surface area contributed by atoms with Gasteiger partial charge >= 0.3 is 11.9 Å². The Hall–Kier alpha value is -2.44. The zero-order chi connectivity index (χ0) is 13.7. The van der Waals surface area contributed by atoms with Gasteiger partial charge in [-0.3, -0.25) is 14.6 Å². The number of amides is 1. The largest absolute Gasteiger partial charge is 0.481 e. The molecular formula is C11H12N2O5. The molecule has 0 radical (unpaired) electrons. The number of nitrogens with one attached hydrogen (secondary N) is 1. The quantitative estimate of drug-likeness (QED) is 0.681. The minimum atomic E-state index is -1.46. The molecular weight excluding hydrogens is 240 g/mol. The second kappa shape index (κ2) is 5.76. The number of pyridine rings is 1. The monoisotopic (exact) mass is 252 g/mol. The first-order chi connectivity index (χ1) is 8.41. The van der Waals surface area contributed by atoms with Gasteiger partial charge in [0.05, 0.1) is 12.0 Å². The number of carboxylic acids is 2. The van der Waals surface area contributed by atoms with Crippen molar-refractivity contribution >= 4 is 17.8 Å². The Kier molecular flexibility index (Phi) is 4.36. The minimum absolute atomic E-state index is 0.217. The van der Waals surface area contributed by atoms with Crippen molar-refractivity contribution in [2.75, 3.05) is 0 Å². The fourth-order valence-electron chi connectivity index (χ4n) is 1.33. The molecule has 3 N–H and O–H groups in total. The lowest BCUT2D eigenvalue weighted by Crippen LogP contribution is -2.42. The molecule has 7 heteroatoms. The van der Waals surface area contributed by atoms with Gasteiger partial charge in [-0.15, -0.1) is 0 Å². The summed E-state index contributed by atoms with van der Waals surface area (Å²) in [4.78, 5) is 36.9. The number of hydrogen-bond donors (Lipinski definition) is 3. The number of aromatic nitrogens is 1. The summed E-state index contributed by atoms with van der Waals surface area (Å²) < 4.78 is 0. The Morgan fingerprint density at radius 3 is 2.56 bits per heavy atom. The van der Waals surface area contributed by atoms with E-state index in [0.29, 0.717) is 5.69 Å². The molecule has 0 fully saturated rings. The highest BCUT2D eigenvalue weighted by Gasteiger charge is 2.24. The summed E-state index contributed by atoms with van der Waals surface area (Å²) in [5.74, 6) is -3.35. The fraction of sp³-hybridized carbons (Fsp3) is 0.273. The van der Waals surface area contributed by atoms with Gasteiger partial charge in [-0.1, -0.05) is 0 Å². The summed E-state index contributed by atoms with van der Waals surface area (Å²) in [6, 6.07) is 1.56. The van der Waals surface area contributed by atoms with Gasteiger partial charge in [0.15, 0.2) is 0 Å². The van der Waals surface area contributed by atoms with E-state index in [-0.39, 0.29) is 5.56 Å². The predicted octanol–water partition coefficient (Wildman–Crippen LogP) is 0.0477. The van der Waals surface area contributed by atoms with Gasteiger partial charge in [0.1, 0.15) is 6.04 Å². The van der Waals surface area contributed by atoms with Crippen LogP contribution in [0.3, 0.4) is 0 Å². The van der Waals surface area contributed by atoms with Crippen molar-refractivity contribution in [3.05, 3.63) is 29.6 Å². The van der Waals surface area contributed by atoms with E-state index in [4.69, 9.17) is 10.2 Å². The summed E-state index contributed by atoms with van der Waals surface area (Å²) in [5, 5.41) is 19.5. The van der Waals surface area contributed by atoms with Gasteiger partial charge in [-0.25, -0.2) is 4.79 Å². The van der Waals surface area contributed by atoms with E-state index in [1.807, 2.05) is 0 Å². The molecule has 1 rings (SSSR count). The SMILES string of the molecule is Cc1ncccc1C(=O)N[C@@H](CC(=O)O)C(=O)O. The maximum Gasteiger partial charge on any atom is 0.326 e. The van der Waals surface area contributed by atoms with Gasteiger partial charge in [-0.05, 0) is 19.1 Å². The van der Waals surface area contributed by atoms with Crippen molar-refractivity contribution in [1.82, 2.24) is 10.3 Å². The summed E-state index contributed by atoms with van der Waals surface area (Å²) in [5.41, 5.74) is 0.656. The Bertz CT molecular complexity index is 486. The van der Waals surface area contributed by atoms with Crippen LogP contribution < -0.4 is 5.32 Å². The van der Waals surface area contributed by atoms with Crippen LogP contribution in [0.2, 0.25) is 0 Å². The number of carboxylic acid groups (broad SMARTS) is 2. The van der Waals surface area contributed by atoms with Crippen LogP contribution >= 0.6 is 0 Å². The van der Waals surface area contributed by atoms with Crippen LogP contribution in [0.15, 0.2) is 18.3 Å². The molecule has 0 saturated heterocycles. The molecule has 0 aliphatic heterocycles. The molecule has 1 amide bonds.